The fraction of sp³-hybridized carbons (Fsp3) is 0.438. The maximum atomic E-state index is 12.8. The summed E-state index contributed by atoms with van der Waals surface area (Å²) in [6, 6.07) is 3.47. The molecule has 1 aromatic carbocycles. The zero-order chi connectivity index (χ0) is 17.0. The standard InChI is InChI=1S/C16H17ClF3NO2/c17-14-7-1-10(9-13(14)16(18,19)20)2-8-15(23)21-11-3-5-12(22)6-4-11/h1-2,7-9,11-12,22H,3-6H2,(H,21,23)/b8-2+. The Morgan fingerprint density at radius 1 is 1.26 bits per heavy atom. The van der Waals surface area contributed by atoms with Crippen LogP contribution in [0.4, 0.5) is 13.2 Å². The minimum Gasteiger partial charge on any atom is -0.393 e. The van der Waals surface area contributed by atoms with Crippen LogP contribution in [0.15, 0.2) is 24.3 Å². The molecule has 0 saturated heterocycles. The average Bonchev–Trinajstić information content (AvgIpc) is 2.47. The maximum Gasteiger partial charge on any atom is 0.417 e. The van der Waals surface area contributed by atoms with Crippen LogP contribution in [-0.4, -0.2) is 23.2 Å². The molecule has 0 aromatic heterocycles. The number of rotatable bonds is 3. The Morgan fingerprint density at radius 3 is 2.52 bits per heavy atom. The highest BCUT2D eigenvalue weighted by atomic mass is 35.5. The second-order valence-electron chi connectivity index (χ2n) is 5.58. The van der Waals surface area contributed by atoms with Gasteiger partial charge in [0.1, 0.15) is 0 Å². The van der Waals surface area contributed by atoms with E-state index in [0.717, 1.165) is 12.1 Å². The molecule has 7 heteroatoms. The van der Waals surface area contributed by atoms with Crippen LogP contribution in [-0.2, 0) is 11.0 Å². The number of alkyl halides is 3. The van der Waals surface area contributed by atoms with Gasteiger partial charge in [-0.05, 0) is 49.5 Å². The quantitative estimate of drug-likeness (QED) is 0.817. The second kappa shape index (κ2) is 7.36. The van der Waals surface area contributed by atoms with E-state index in [4.69, 9.17) is 11.6 Å². The molecular formula is C16H17ClF3NO2. The van der Waals surface area contributed by atoms with Crippen LogP contribution in [0.25, 0.3) is 6.08 Å². The summed E-state index contributed by atoms with van der Waals surface area (Å²) in [5.41, 5.74) is -0.682. The third-order valence-corrected chi connectivity index (χ3v) is 4.10. The Hall–Kier alpha value is -1.53. The summed E-state index contributed by atoms with van der Waals surface area (Å²) < 4.78 is 38.3. The number of carbonyl (C=O) groups excluding carboxylic acids is 1. The fourth-order valence-corrected chi connectivity index (χ4v) is 2.73. The summed E-state index contributed by atoms with van der Waals surface area (Å²) in [5.74, 6) is -0.366. The van der Waals surface area contributed by atoms with Gasteiger partial charge in [0.2, 0.25) is 5.91 Å². The third-order valence-electron chi connectivity index (χ3n) is 3.77. The molecule has 0 unspecified atom stereocenters. The van der Waals surface area contributed by atoms with E-state index in [-0.39, 0.29) is 28.6 Å². The molecule has 1 fully saturated rings. The Kier molecular flexibility index (Phi) is 5.70. The number of carbonyl (C=O) groups is 1. The van der Waals surface area contributed by atoms with Crippen molar-refractivity contribution >= 4 is 23.6 Å². The van der Waals surface area contributed by atoms with E-state index in [0.29, 0.717) is 25.7 Å². The van der Waals surface area contributed by atoms with E-state index in [9.17, 15) is 23.1 Å². The number of aliphatic hydroxyl groups is 1. The van der Waals surface area contributed by atoms with Gasteiger partial charge in [-0.1, -0.05) is 17.7 Å². The smallest absolute Gasteiger partial charge is 0.393 e. The zero-order valence-corrected chi connectivity index (χ0v) is 13.0. The SMILES string of the molecule is O=C(/C=C/c1ccc(Cl)c(C(F)(F)F)c1)NC1CCC(O)CC1. The topological polar surface area (TPSA) is 49.3 Å². The lowest BCUT2D eigenvalue weighted by atomic mass is 9.93. The van der Waals surface area contributed by atoms with Crippen molar-refractivity contribution in [3.8, 4) is 0 Å². The fourth-order valence-electron chi connectivity index (χ4n) is 2.51. The van der Waals surface area contributed by atoms with Crippen molar-refractivity contribution in [3.05, 3.63) is 40.4 Å². The molecule has 0 atom stereocenters. The van der Waals surface area contributed by atoms with Crippen molar-refractivity contribution in [2.24, 2.45) is 0 Å². The molecule has 0 spiro atoms. The van der Waals surface area contributed by atoms with Gasteiger partial charge in [0, 0.05) is 12.1 Å². The first-order valence-electron chi connectivity index (χ1n) is 7.29. The number of aliphatic hydroxyl groups excluding tert-OH is 1. The summed E-state index contributed by atoms with van der Waals surface area (Å²) in [5, 5.41) is 11.8. The molecule has 1 amide bonds. The molecule has 126 valence electrons. The lowest BCUT2D eigenvalue weighted by Crippen LogP contribution is -2.37. The molecule has 23 heavy (non-hydrogen) atoms. The van der Waals surface area contributed by atoms with Crippen molar-refractivity contribution < 1.29 is 23.1 Å². The van der Waals surface area contributed by atoms with Crippen LogP contribution < -0.4 is 5.32 Å². The molecule has 1 aliphatic carbocycles. The van der Waals surface area contributed by atoms with Gasteiger partial charge in [-0.3, -0.25) is 4.79 Å². The van der Waals surface area contributed by atoms with Crippen molar-refractivity contribution in [1.82, 2.24) is 5.32 Å². The van der Waals surface area contributed by atoms with Crippen LogP contribution in [0.1, 0.15) is 36.8 Å². The van der Waals surface area contributed by atoms with Crippen LogP contribution in [0.5, 0.6) is 0 Å². The average molecular weight is 348 g/mol. The van der Waals surface area contributed by atoms with E-state index in [1.54, 1.807) is 0 Å². The number of nitrogens with one attached hydrogen (secondary N) is 1. The lowest BCUT2D eigenvalue weighted by molar-refractivity contribution is -0.137. The molecule has 0 radical (unpaired) electrons. The largest absolute Gasteiger partial charge is 0.417 e. The van der Waals surface area contributed by atoms with Gasteiger partial charge in [0.25, 0.3) is 0 Å². The Bertz CT molecular complexity index is 593. The summed E-state index contributed by atoms with van der Waals surface area (Å²) >= 11 is 5.54. The number of benzene rings is 1. The monoisotopic (exact) mass is 347 g/mol. The predicted molar refractivity (Wildman–Crippen MR) is 81.9 cm³/mol. The van der Waals surface area contributed by atoms with E-state index in [2.05, 4.69) is 5.32 Å². The van der Waals surface area contributed by atoms with Gasteiger partial charge in [-0.2, -0.15) is 13.2 Å². The highest BCUT2D eigenvalue weighted by Crippen LogP contribution is 2.35. The number of amides is 1. The predicted octanol–water partition coefficient (Wildman–Crippen LogP) is 3.79. The van der Waals surface area contributed by atoms with Crippen molar-refractivity contribution in [2.45, 2.75) is 44.0 Å². The van der Waals surface area contributed by atoms with Gasteiger partial charge in [-0.15, -0.1) is 0 Å². The Morgan fingerprint density at radius 2 is 1.91 bits per heavy atom. The summed E-state index contributed by atoms with van der Waals surface area (Å²) in [6.07, 6.45) is 0.342. The maximum absolute atomic E-state index is 12.8. The lowest BCUT2D eigenvalue weighted by Gasteiger charge is -2.25. The van der Waals surface area contributed by atoms with Gasteiger partial charge >= 0.3 is 6.18 Å². The van der Waals surface area contributed by atoms with Crippen molar-refractivity contribution in [1.29, 1.82) is 0 Å². The molecule has 0 aliphatic heterocycles. The molecular weight excluding hydrogens is 331 g/mol. The first kappa shape index (κ1) is 17.8. The normalized spacial score (nSPS) is 22.3. The van der Waals surface area contributed by atoms with E-state index in [1.165, 1.54) is 18.2 Å². The molecule has 1 aliphatic rings. The summed E-state index contributed by atoms with van der Waals surface area (Å²) in [6.45, 7) is 0. The van der Waals surface area contributed by atoms with Crippen molar-refractivity contribution in [2.75, 3.05) is 0 Å². The second-order valence-corrected chi connectivity index (χ2v) is 5.99. The molecule has 3 nitrogen and oxygen atoms in total. The molecule has 0 bridgehead atoms. The highest BCUT2D eigenvalue weighted by molar-refractivity contribution is 6.31. The first-order chi connectivity index (χ1) is 10.8. The van der Waals surface area contributed by atoms with E-state index < -0.39 is 11.7 Å². The van der Waals surface area contributed by atoms with Gasteiger partial charge < -0.3 is 10.4 Å². The highest BCUT2D eigenvalue weighted by Gasteiger charge is 2.33. The number of halogens is 4. The van der Waals surface area contributed by atoms with Gasteiger partial charge in [0.15, 0.2) is 0 Å². The molecule has 0 heterocycles. The zero-order valence-electron chi connectivity index (χ0n) is 12.2. The van der Waals surface area contributed by atoms with Crippen LogP contribution in [0, 0.1) is 0 Å². The minimum atomic E-state index is -4.54. The Balaban J connectivity index is 1.98. The molecule has 2 rings (SSSR count). The van der Waals surface area contributed by atoms with Gasteiger partial charge in [-0.25, -0.2) is 0 Å². The van der Waals surface area contributed by atoms with Crippen LogP contribution >= 0.6 is 11.6 Å². The van der Waals surface area contributed by atoms with Crippen LogP contribution in [0.3, 0.4) is 0 Å². The molecule has 1 saturated carbocycles. The van der Waals surface area contributed by atoms with Crippen molar-refractivity contribution in [3.63, 3.8) is 0 Å². The minimum absolute atomic E-state index is 0.00787. The first-order valence-corrected chi connectivity index (χ1v) is 7.67. The van der Waals surface area contributed by atoms with E-state index >= 15 is 0 Å². The number of hydrogen-bond donors (Lipinski definition) is 2. The summed E-state index contributed by atoms with van der Waals surface area (Å²) in [7, 11) is 0. The van der Waals surface area contributed by atoms with E-state index in [1.807, 2.05) is 0 Å². The van der Waals surface area contributed by atoms with Crippen LogP contribution in [0.2, 0.25) is 5.02 Å². The molecule has 2 N–H and O–H groups in total. The van der Waals surface area contributed by atoms with Gasteiger partial charge in [0.05, 0.1) is 16.7 Å². The number of hydrogen-bond acceptors (Lipinski definition) is 2. The Labute approximate surface area is 137 Å². The molecule has 1 aromatic rings. The summed E-state index contributed by atoms with van der Waals surface area (Å²) in [4.78, 5) is 11.8. The third kappa shape index (κ3) is 5.25.